The topological polar surface area (TPSA) is 0 Å². The van der Waals surface area contributed by atoms with Gasteiger partial charge in [-0.1, -0.05) is 0 Å². The molecular weight excluding hydrogens is 200 g/mol. The van der Waals surface area contributed by atoms with Gasteiger partial charge < -0.3 is 0 Å². The van der Waals surface area contributed by atoms with E-state index in [0.717, 1.165) is 19.6 Å². The molecule has 0 nitrogen and oxygen atoms in total. The molecular formula is C6H10S4. The van der Waals surface area contributed by atoms with Crippen LogP contribution in [-0.4, -0.2) is 0 Å². The third-order valence-corrected chi connectivity index (χ3v) is 3.00. The Morgan fingerprint density at radius 1 is 0.700 bits per heavy atom. The SMILES string of the molecule is CC(S)=C(S)C(S)=C(C)S. The number of hydrogen-bond acceptors (Lipinski definition) is 4. The fourth-order valence-electron chi connectivity index (χ4n) is 0.343. The summed E-state index contributed by atoms with van der Waals surface area (Å²) in [6.45, 7) is 3.72. The second-order valence-corrected chi connectivity index (χ2v) is 4.10. The van der Waals surface area contributed by atoms with E-state index in [2.05, 4.69) is 50.5 Å². The Labute approximate surface area is 83.8 Å². The Balaban J connectivity index is 4.71. The molecule has 0 N–H and O–H groups in total. The zero-order chi connectivity index (χ0) is 8.31. The van der Waals surface area contributed by atoms with E-state index in [4.69, 9.17) is 0 Å². The Morgan fingerprint density at radius 3 is 1.00 bits per heavy atom. The van der Waals surface area contributed by atoms with Crippen molar-refractivity contribution in [1.82, 2.24) is 0 Å². The predicted octanol–water partition coefficient (Wildman–Crippen LogP) is 3.17. The van der Waals surface area contributed by atoms with Crippen LogP contribution in [0, 0.1) is 0 Å². The summed E-state index contributed by atoms with van der Waals surface area (Å²) in [6, 6.07) is 0. The van der Waals surface area contributed by atoms with Crippen LogP contribution in [0.5, 0.6) is 0 Å². The van der Waals surface area contributed by atoms with Gasteiger partial charge in [0.15, 0.2) is 0 Å². The lowest BCUT2D eigenvalue weighted by atomic mass is 10.4. The molecule has 0 aromatic heterocycles. The van der Waals surface area contributed by atoms with E-state index in [9.17, 15) is 0 Å². The van der Waals surface area contributed by atoms with Crippen LogP contribution in [0.2, 0.25) is 0 Å². The van der Waals surface area contributed by atoms with Crippen molar-refractivity contribution in [3.8, 4) is 0 Å². The van der Waals surface area contributed by atoms with Gasteiger partial charge in [0.05, 0.1) is 0 Å². The summed E-state index contributed by atoms with van der Waals surface area (Å²) in [5.41, 5.74) is 0. The van der Waals surface area contributed by atoms with Crippen LogP contribution in [-0.2, 0) is 0 Å². The minimum Gasteiger partial charge on any atom is -0.147 e. The molecule has 58 valence electrons. The van der Waals surface area contributed by atoms with Crippen molar-refractivity contribution in [3.05, 3.63) is 19.6 Å². The summed E-state index contributed by atoms with van der Waals surface area (Å²) < 4.78 is 0. The van der Waals surface area contributed by atoms with Crippen LogP contribution in [0.4, 0.5) is 0 Å². The van der Waals surface area contributed by atoms with E-state index in [1.54, 1.807) is 0 Å². The average Bonchev–Trinajstić information content (AvgIpc) is 1.84. The standard InChI is InChI=1S/C6H10S4/c1-3(7)5(9)6(10)4(2)8/h7-10H,1-2H3. The average molecular weight is 210 g/mol. The lowest BCUT2D eigenvalue weighted by molar-refractivity contribution is 1.59. The Hall–Kier alpha value is 0.880. The highest BCUT2D eigenvalue weighted by atomic mass is 32.1. The molecule has 0 aliphatic heterocycles. The van der Waals surface area contributed by atoms with Crippen molar-refractivity contribution in [1.29, 1.82) is 0 Å². The summed E-state index contributed by atoms with van der Waals surface area (Å²) in [5, 5.41) is 0. The summed E-state index contributed by atoms with van der Waals surface area (Å²) in [6.07, 6.45) is 0. The van der Waals surface area contributed by atoms with E-state index in [1.807, 2.05) is 13.8 Å². The molecule has 0 aliphatic carbocycles. The van der Waals surface area contributed by atoms with Gasteiger partial charge in [0.1, 0.15) is 0 Å². The maximum Gasteiger partial charge on any atom is 0.0272 e. The van der Waals surface area contributed by atoms with Gasteiger partial charge in [-0.3, -0.25) is 0 Å². The first-order valence-electron chi connectivity index (χ1n) is 2.64. The zero-order valence-corrected chi connectivity index (χ0v) is 9.37. The Bertz CT molecular complexity index is 160. The Morgan fingerprint density at radius 2 is 0.900 bits per heavy atom. The number of thiol groups is 4. The predicted molar refractivity (Wildman–Crippen MR) is 61.3 cm³/mol. The zero-order valence-electron chi connectivity index (χ0n) is 5.79. The van der Waals surface area contributed by atoms with Crippen LogP contribution in [0.1, 0.15) is 13.8 Å². The van der Waals surface area contributed by atoms with Crippen LogP contribution >= 0.6 is 50.5 Å². The van der Waals surface area contributed by atoms with E-state index in [-0.39, 0.29) is 0 Å². The number of allylic oxidation sites excluding steroid dienone is 2. The smallest absolute Gasteiger partial charge is 0.0272 e. The molecule has 0 rings (SSSR count). The molecule has 0 aromatic carbocycles. The quantitative estimate of drug-likeness (QED) is 0.371. The van der Waals surface area contributed by atoms with Gasteiger partial charge in [-0.15, -0.1) is 50.5 Å². The minimum absolute atomic E-state index is 0.777. The molecule has 0 saturated carbocycles. The van der Waals surface area contributed by atoms with Crippen molar-refractivity contribution < 1.29 is 0 Å². The number of rotatable bonds is 1. The van der Waals surface area contributed by atoms with Gasteiger partial charge in [-0.25, -0.2) is 0 Å². The van der Waals surface area contributed by atoms with Gasteiger partial charge in [0.2, 0.25) is 0 Å². The first-order chi connectivity index (χ1) is 4.46. The molecule has 0 radical (unpaired) electrons. The highest BCUT2D eigenvalue weighted by Crippen LogP contribution is 2.27. The van der Waals surface area contributed by atoms with Crippen molar-refractivity contribution in [3.63, 3.8) is 0 Å². The maximum absolute atomic E-state index is 4.18. The molecule has 0 spiro atoms. The van der Waals surface area contributed by atoms with Crippen LogP contribution in [0.25, 0.3) is 0 Å². The molecule has 0 aliphatic rings. The van der Waals surface area contributed by atoms with E-state index in [0.29, 0.717) is 0 Å². The van der Waals surface area contributed by atoms with Crippen LogP contribution in [0.15, 0.2) is 19.6 Å². The molecule has 0 saturated heterocycles. The summed E-state index contributed by atoms with van der Waals surface area (Å²) >= 11 is 16.6. The first-order valence-corrected chi connectivity index (χ1v) is 4.43. The lowest BCUT2D eigenvalue weighted by Gasteiger charge is -2.02. The molecule has 0 fully saturated rings. The van der Waals surface area contributed by atoms with Crippen molar-refractivity contribution >= 4 is 50.5 Å². The molecule has 0 amide bonds. The summed E-state index contributed by atoms with van der Waals surface area (Å²) in [5.74, 6) is 0. The molecule has 0 atom stereocenters. The largest absolute Gasteiger partial charge is 0.147 e. The fourth-order valence-corrected chi connectivity index (χ4v) is 1.08. The van der Waals surface area contributed by atoms with Crippen molar-refractivity contribution in [2.45, 2.75) is 13.8 Å². The van der Waals surface area contributed by atoms with Crippen molar-refractivity contribution in [2.24, 2.45) is 0 Å². The van der Waals surface area contributed by atoms with Gasteiger partial charge in [0, 0.05) is 9.81 Å². The van der Waals surface area contributed by atoms with Gasteiger partial charge in [0.25, 0.3) is 0 Å². The second-order valence-electron chi connectivity index (χ2n) is 1.87. The molecule has 0 bridgehead atoms. The molecule has 10 heavy (non-hydrogen) atoms. The van der Waals surface area contributed by atoms with E-state index in [1.165, 1.54) is 0 Å². The van der Waals surface area contributed by atoms with Crippen LogP contribution < -0.4 is 0 Å². The number of hydrogen-bond donors (Lipinski definition) is 4. The van der Waals surface area contributed by atoms with E-state index < -0.39 is 0 Å². The van der Waals surface area contributed by atoms with Gasteiger partial charge >= 0.3 is 0 Å². The lowest BCUT2D eigenvalue weighted by Crippen LogP contribution is -1.77. The minimum atomic E-state index is 0.777. The Kier molecular flexibility index (Phi) is 5.11. The third-order valence-electron chi connectivity index (χ3n) is 0.910. The van der Waals surface area contributed by atoms with Crippen molar-refractivity contribution in [2.75, 3.05) is 0 Å². The fraction of sp³-hybridized carbons (Fsp3) is 0.333. The van der Waals surface area contributed by atoms with Gasteiger partial charge in [-0.05, 0) is 23.7 Å². The first kappa shape index (κ1) is 10.9. The molecule has 4 heteroatoms. The van der Waals surface area contributed by atoms with E-state index >= 15 is 0 Å². The monoisotopic (exact) mass is 210 g/mol. The summed E-state index contributed by atoms with van der Waals surface area (Å²) in [7, 11) is 0. The second kappa shape index (κ2) is 4.70. The molecule has 0 aromatic rings. The molecule has 0 unspecified atom stereocenters. The molecule has 0 heterocycles. The highest BCUT2D eigenvalue weighted by Gasteiger charge is 1.99. The highest BCUT2D eigenvalue weighted by molar-refractivity contribution is 7.93. The third kappa shape index (κ3) is 3.32. The normalized spacial score (nSPS) is 16.2. The summed E-state index contributed by atoms with van der Waals surface area (Å²) in [4.78, 5) is 3.25. The maximum atomic E-state index is 4.18. The van der Waals surface area contributed by atoms with Gasteiger partial charge in [-0.2, -0.15) is 0 Å². The van der Waals surface area contributed by atoms with Crippen LogP contribution in [0.3, 0.4) is 0 Å².